The summed E-state index contributed by atoms with van der Waals surface area (Å²) in [5, 5.41) is 3.33. The van der Waals surface area contributed by atoms with Crippen LogP contribution in [0.1, 0.15) is 37.7 Å². The highest BCUT2D eigenvalue weighted by atomic mass is 35.5. The topological polar surface area (TPSA) is 32.3 Å². The molecule has 1 N–H and O–H groups in total. The lowest BCUT2D eigenvalue weighted by Gasteiger charge is -2.34. The first-order valence-corrected chi connectivity index (χ1v) is 7.98. The second kappa shape index (κ2) is 7.42. The molecular weight excluding hydrogens is 303 g/mol. The quantitative estimate of drug-likeness (QED) is 0.906. The molecule has 0 bridgehead atoms. The molecule has 5 heteroatoms. The Morgan fingerprint density at radius 2 is 1.91 bits per heavy atom. The number of halogens is 2. The Morgan fingerprint density at radius 1 is 1.14 bits per heavy atom. The van der Waals surface area contributed by atoms with Crippen LogP contribution in [0.25, 0.3) is 0 Å². The van der Waals surface area contributed by atoms with Crippen LogP contribution >= 0.6 is 12.4 Å². The molecular formula is C17H24ClFN2O. The van der Waals surface area contributed by atoms with Crippen LogP contribution in [-0.2, 0) is 10.2 Å². The molecule has 1 saturated carbocycles. The lowest BCUT2D eigenvalue weighted by molar-refractivity contribution is -0.137. The van der Waals surface area contributed by atoms with Gasteiger partial charge in [0.1, 0.15) is 5.82 Å². The van der Waals surface area contributed by atoms with Gasteiger partial charge in [0.25, 0.3) is 0 Å². The van der Waals surface area contributed by atoms with Gasteiger partial charge in [0.05, 0.1) is 5.41 Å². The van der Waals surface area contributed by atoms with Gasteiger partial charge < -0.3 is 10.2 Å². The zero-order chi connectivity index (χ0) is 14.7. The van der Waals surface area contributed by atoms with E-state index in [0.717, 1.165) is 63.8 Å². The fourth-order valence-corrected chi connectivity index (χ4v) is 3.74. The van der Waals surface area contributed by atoms with Gasteiger partial charge in [-0.3, -0.25) is 4.79 Å². The van der Waals surface area contributed by atoms with Crippen molar-refractivity contribution < 1.29 is 9.18 Å². The molecule has 3 nitrogen and oxygen atoms in total. The number of hydrogen-bond donors (Lipinski definition) is 1. The van der Waals surface area contributed by atoms with E-state index in [1.165, 1.54) is 6.07 Å². The molecule has 3 rings (SSSR count). The predicted molar refractivity (Wildman–Crippen MR) is 87.9 cm³/mol. The zero-order valence-electron chi connectivity index (χ0n) is 12.8. The number of benzene rings is 1. The first kappa shape index (κ1) is 17.2. The van der Waals surface area contributed by atoms with Crippen LogP contribution in [0.4, 0.5) is 4.39 Å². The van der Waals surface area contributed by atoms with Gasteiger partial charge in [-0.05, 0) is 43.5 Å². The highest BCUT2D eigenvalue weighted by Gasteiger charge is 2.44. The Kier molecular flexibility index (Phi) is 5.81. The minimum Gasteiger partial charge on any atom is -0.341 e. The summed E-state index contributed by atoms with van der Waals surface area (Å²) in [5.41, 5.74) is 0.370. The Hall–Kier alpha value is -1.13. The van der Waals surface area contributed by atoms with Gasteiger partial charge in [-0.2, -0.15) is 0 Å². The van der Waals surface area contributed by atoms with E-state index in [9.17, 15) is 9.18 Å². The van der Waals surface area contributed by atoms with Crippen molar-refractivity contribution in [3.8, 4) is 0 Å². The van der Waals surface area contributed by atoms with Crippen LogP contribution in [0.5, 0.6) is 0 Å². The molecule has 2 fully saturated rings. The van der Waals surface area contributed by atoms with Crippen molar-refractivity contribution >= 4 is 18.3 Å². The molecule has 0 radical (unpaired) electrons. The summed E-state index contributed by atoms with van der Waals surface area (Å²) in [6, 6.07) is 6.65. The van der Waals surface area contributed by atoms with E-state index in [1.54, 1.807) is 12.1 Å². The Morgan fingerprint density at radius 3 is 2.64 bits per heavy atom. The summed E-state index contributed by atoms with van der Waals surface area (Å²) in [6.45, 7) is 3.39. The second-order valence-electron chi connectivity index (χ2n) is 6.20. The summed E-state index contributed by atoms with van der Waals surface area (Å²) in [6.07, 6.45) is 4.78. The number of rotatable bonds is 2. The van der Waals surface area contributed by atoms with E-state index < -0.39 is 5.41 Å². The number of amides is 1. The maximum absolute atomic E-state index is 13.6. The molecule has 122 valence electrons. The first-order valence-electron chi connectivity index (χ1n) is 7.98. The smallest absolute Gasteiger partial charge is 0.233 e. The van der Waals surface area contributed by atoms with Crippen molar-refractivity contribution in [2.24, 2.45) is 0 Å². The monoisotopic (exact) mass is 326 g/mol. The van der Waals surface area contributed by atoms with Crippen molar-refractivity contribution in [2.45, 2.75) is 37.5 Å². The molecule has 1 aromatic carbocycles. The predicted octanol–water partition coefficient (Wildman–Crippen LogP) is 2.88. The Bertz CT molecular complexity index is 509. The van der Waals surface area contributed by atoms with Gasteiger partial charge in [0.15, 0.2) is 0 Å². The SMILES string of the molecule is Cl.O=C(N1CCCNCC1)C1(c2cccc(F)c2)CCCC1. The number of carbonyl (C=O) groups is 1. The molecule has 1 aliphatic carbocycles. The van der Waals surface area contributed by atoms with Crippen molar-refractivity contribution in [3.63, 3.8) is 0 Å². The lowest BCUT2D eigenvalue weighted by Crippen LogP contribution is -2.46. The van der Waals surface area contributed by atoms with Crippen LogP contribution < -0.4 is 5.32 Å². The molecule has 1 aromatic rings. The standard InChI is InChI=1S/C17H23FN2O.ClH/c18-15-6-3-5-14(13-15)17(7-1-2-8-17)16(21)20-11-4-9-19-10-12-20;/h3,5-6,13,19H,1-2,4,7-12H2;1H. The molecule has 0 aromatic heterocycles. The normalized spacial score (nSPS) is 21.0. The summed E-state index contributed by atoms with van der Waals surface area (Å²) < 4.78 is 13.6. The molecule has 1 amide bonds. The van der Waals surface area contributed by atoms with E-state index in [4.69, 9.17) is 0 Å². The summed E-state index contributed by atoms with van der Waals surface area (Å²) >= 11 is 0. The average molecular weight is 327 g/mol. The van der Waals surface area contributed by atoms with Crippen LogP contribution in [-0.4, -0.2) is 37.0 Å². The fraction of sp³-hybridized carbons (Fsp3) is 0.588. The minimum absolute atomic E-state index is 0. The number of carbonyl (C=O) groups excluding carboxylic acids is 1. The third kappa shape index (κ3) is 3.28. The minimum atomic E-state index is -0.494. The van der Waals surface area contributed by atoms with Crippen LogP contribution in [0, 0.1) is 5.82 Å². The third-order valence-electron chi connectivity index (χ3n) is 4.87. The van der Waals surface area contributed by atoms with Crippen LogP contribution in [0.3, 0.4) is 0 Å². The number of nitrogens with one attached hydrogen (secondary N) is 1. The van der Waals surface area contributed by atoms with E-state index in [0.29, 0.717) is 0 Å². The molecule has 1 aliphatic heterocycles. The number of hydrogen-bond acceptors (Lipinski definition) is 2. The molecule has 1 saturated heterocycles. The first-order chi connectivity index (χ1) is 10.2. The summed E-state index contributed by atoms with van der Waals surface area (Å²) in [4.78, 5) is 15.1. The van der Waals surface area contributed by atoms with Gasteiger partial charge in [0.2, 0.25) is 5.91 Å². The summed E-state index contributed by atoms with van der Waals surface area (Å²) in [7, 11) is 0. The largest absolute Gasteiger partial charge is 0.341 e. The van der Waals surface area contributed by atoms with E-state index >= 15 is 0 Å². The van der Waals surface area contributed by atoms with Gasteiger partial charge in [0, 0.05) is 19.6 Å². The molecule has 0 unspecified atom stereocenters. The van der Waals surface area contributed by atoms with Crippen LogP contribution in [0.15, 0.2) is 24.3 Å². The molecule has 0 atom stereocenters. The molecule has 22 heavy (non-hydrogen) atoms. The number of nitrogens with zero attached hydrogens (tertiary/aromatic N) is 1. The van der Waals surface area contributed by atoms with Crippen LogP contribution in [0.2, 0.25) is 0 Å². The Balaban J connectivity index is 0.00000176. The highest BCUT2D eigenvalue weighted by Crippen LogP contribution is 2.42. The van der Waals surface area contributed by atoms with E-state index in [2.05, 4.69) is 5.32 Å². The van der Waals surface area contributed by atoms with Crippen molar-refractivity contribution in [1.29, 1.82) is 0 Å². The Labute approximate surface area is 137 Å². The highest BCUT2D eigenvalue weighted by molar-refractivity contribution is 5.88. The van der Waals surface area contributed by atoms with Crippen molar-refractivity contribution in [3.05, 3.63) is 35.6 Å². The van der Waals surface area contributed by atoms with Gasteiger partial charge in [-0.1, -0.05) is 25.0 Å². The fourth-order valence-electron chi connectivity index (χ4n) is 3.74. The van der Waals surface area contributed by atoms with Crippen molar-refractivity contribution in [1.82, 2.24) is 10.2 Å². The lowest BCUT2D eigenvalue weighted by atomic mass is 9.77. The van der Waals surface area contributed by atoms with E-state index in [-0.39, 0.29) is 24.1 Å². The zero-order valence-corrected chi connectivity index (χ0v) is 13.6. The van der Waals surface area contributed by atoms with Crippen molar-refractivity contribution in [2.75, 3.05) is 26.2 Å². The second-order valence-corrected chi connectivity index (χ2v) is 6.20. The van der Waals surface area contributed by atoms with Gasteiger partial charge in [-0.25, -0.2) is 4.39 Å². The maximum Gasteiger partial charge on any atom is 0.233 e. The molecule has 0 spiro atoms. The third-order valence-corrected chi connectivity index (χ3v) is 4.87. The average Bonchev–Trinajstić information content (AvgIpc) is 2.84. The van der Waals surface area contributed by atoms with Gasteiger partial charge >= 0.3 is 0 Å². The molecule has 1 heterocycles. The summed E-state index contributed by atoms with van der Waals surface area (Å²) in [5.74, 6) is -0.0431. The van der Waals surface area contributed by atoms with E-state index in [1.807, 2.05) is 11.0 Å². The maximum atomic E-state index is 13.6. The van der Waals surface area contributed by atoms with Gasteiger partial charge in [-0.15, -0.1) is 12.4 Å². The molecule has 2 aliphatic rings.